The molecule has 7 heteroatoms. The van der Waals surface area contributed by atoms with E-state index >= 15 is 0 Å². The highest BCUT2D eigenvalue weighted by atomic mass is 35.5. The summed E-state index contributed by atoms with van der Waals surface area (Å²) in [6.07, 6.45) is 1.50. The van der Waals surface area contributed by atoms with Crippen LogP contribution < -0.4 is 0 Å². The minimum atomic E-state index is 0.666. The van der Waals surface area contributed by atoms with E-state index < -0.39 is 0 Å². The van der Waals surface area contributed by atoms with E-state index in [2.05, 4.69) is 10.2 Å². The third-order valence-corrected chi connectivity index (χ3v) is 2.08. The summed E-state index contributed by atoms with van der Waals surface area (Å²) >= 11 is 5.82. The first-order valence-corrected chi connectivity index (χ1v) is 5.85. The number of hydrogen-bond donors (Lipinski definition) is 2. The minimum absolute atomic E-state index is 0.666. The average Bonchev–Trinajstić information content (AvgIpc) is 2.48. The molecule has 0 saturated heterocycles. The number of nitrogens with zero attached hydrogens (tertiary/aromatic N) is 2. The Kier molecular flexibility index (Phi) is 10.5. The average molecular weight is 303 g/mol. The Hall–Kier alpha value is -2.91. The van der Waals surface area contributed by atoms with Crippen LogP contribution in [0.1, 0.15) is 0 Å². The topological polar surface area (TPSA) is 107 Å². The van der Waals surface area contributed by atoms with Crippen LogP contribution >= 0.6 is 11.6 Å². The summed E-state index contributed by atoms with van der Waals surface area (Å²) in [7, 11) is 0. The van der Waals surface area contributed by atoms with Crippen LogP contribution in [-0.4, -0.2) is 12.2 Å². The third kappa shape index (κ3) is 9.64. The van der Waals surface area contributed by atoms with Crippen molar-refractivity contribution < 1.29 is 9.59 Å². The smallest absolute Gasteiger partial charge is 0.222 e. The van der Waals surface area contributed by atoms with Gasteiger partial charge in [0.15, 0.2) is 0 Å². The summed E-state index contributed by atoms with van der Waals surface area (Å²) in [6, 6.07) is 16.9. The molecule has 0 heterocycles. The van der Waals surface area contributed by atoms with Gasteiger partial charge in [0.05, 0.1) is 11.4 Å². The van der Waals surface area contributed by atoms with Crippen molar-refractivity contribution in [2.24, 2.45) is 10.2 Å². The van der Waals surface area contributed by atoms with Gasteiger partial charge in [-0.05, 0) is 30.3 Å². The van der Waals surface area contributed by atoms with Crippen molar-refractivity contribution in [1.82, 2.24) is 0 Å². The quantitative estimate of drug-likeness (QED) is 0.482. The molecular formula is C14H11ClN4O2. The molecule has 0 aliphatic rings. The molecule has 0 aliphatic carbocycles. The molecule has 6 nitrogen and oxygen atoms in total. The minimum Gasteiger partial charge on any atom is -0.222 e. The van der Waals surface area contributed by atoms with Crippen molar-refractivity contribution in [2.45, 2.75) is 0 Å². The normalized spacial score (nSPS) is 8.43. The standard InChI is InChI=1S/C12H9ClN2.2CHNO/c13-10-5-4-8-12(9-10)15-14-11-6-2-1-3-7-11;2*2-1-3/h1-9H;2*2H. The fourth-order valence-corrected chi connectivity index (χ4v) is 1.33. The highest BCUT2D eigenvalue weighted by Gasteiger charge is 1.91. The number of carbonyl (C=O) groups excluding carboxylic acids is 2. The predicted molar refractivity (Wildman–Crippen MR) is 78.9 cm³/mol. The van der Waals surface area contributed by atoms with Crippen molar-refractivity contribution in [2.75, 3.05) is 0 Å². The van der Waals surface area contributed by atoms with Gasteiger partial charge in [-0.3, -0.25) is 0 Å². The number of nitrogens with one attached hydrogen (secondary N) is 2. The van der Waals surface area contributed by atoms with Crippen molar-refractivity contribution in [3.05, 3.63) is 59.6 Å². The molecule has 0 amide bonds. The molecule has 2 rings (SSSR count). The highest BCUT2D eigenvalue weighted by molar-refractivity contribution is 6.30. The zero-order chi connectivity index (χ0) is 15.9. The second kappa shape index (κ2) is 12.1. The Morgan fingerprint density at radius 1 is 0.810 bits per heavy atom. The first kappa shape index (κ1) is 18.1. The Morgan fingerprint density at radius 3 is 1.81 bits per heavy atom. The van der Waals surface area contributed by atoms with Crippen LogP contribution in [0.15, 0.2) is 64.8 Å². The van der Waals surface area contributed by atoms with Crippen LogP contribution in [0.25, 0.3) is 0 Å². The zero-order valence-electron chi connectivity index (χ0n) is 10.8. The number of benzene rings is 2. The number of rotatable bonds is 2. The lowest BCUT2D eigenvalue weighted by Gasteiger charge is -1.93. The van der Waals surface area contributed by atoms with E-state index in [4.69, 9.17) is 32.0 Å². The molecule has 0 fully saturated rings. The molecule has 0 unspecified atom stereocenters. The van der Waals surface area contributed by atoms with Gasteiger partial charge in [-0.2, -0.15) is 10.2 Å². The van der Waals surface area contributed by atoms with Crippen molar-refractivity contribution in [1.29, 1.82) is 10.8 Å². The molecule has 2 aromatic rings. The van der Waals surface area contributed by atoms with Gasteiger partial charge < -0.3 is 0 Å². The molecule has 21 heavy (non-hydrogen) atoms. The molecule has 0 radical (unpaired) electrons. The van der Waals surface area contributed by atoms with Crippen LogP contribution in [0.4, 0.5) is 11.4 Å². The molecule has 0 aromatic heterocycles. The van der Waals surface area contributed by atoms with Crippen LogP contribution in [0.2, 0.25) is 5.02 Å². The van der Waals surface area contributed by atoms with E-state index in [0.717, 1.165) is 23.5 Å². The lowest BCUT2D eigenvalue weighted by Crippen LogP contribution is -1.65. The van der Waals surface area contributed by atoms with Crippen LogP contribution in [0.3, 0.4) is 0 Å². The summed E-state index contributed by atoms with van der Waals surface area (Å²) in [4.78, 5) is 16.7. The molecule has 0 spiro atoms. The van der Waals surface area contributed by atoms with Crippen LogP contribution in [0, 0.1) is 10.8 Å². The lowest BCUT2D eigenvalue weighted by molar-refractivity contribution is 0.562. The first-order chi connectivity index (χ1) is 10.2. The Morgan fingerprint density at radius 2 is 1.29 bits per heavy atom. The fourth-order valence-electron chi connectivity index (χ4n) is 1.15. The number of halogens is 1. The highest BCUT2D eigenvalue weighted by Crippen LogP contribution is 2.20. The Balaban J connectivity index is 0.000000578. The van der Waals surface area contributed by atoms with E-state index in [1.807, 2.05) is 48.5 Å². The van der Waals surface area contributed by atoms with E-state index in [0.29, 0.717) is 5.02 Å². The predicted octanol–water partition coefficient (Wildman–Crippen LogP) is 4.56. The van der Waals surface area contributed by atoms with E-state index in [1.54, 1.807) is 6.07 Å². The summed E-state index contributed by atoms with van der Waals surface area (Å²) in [5, 5.41) is 19.6. The van der Waals surface area contributed by atoms with Crippen LogP contribution in [0.5, 0.6) is 0 Å². The van der Waals surface area contributed by atoms with Gasteiger partial charge in [-0.1, -0.05) is 35.9 Å². The number of azo groups is 1. The lowest BCUT2D eigenvalue weighted by atomic mass is 10.3. The number of isocyanates is 2. The van der Waals surface area contributed by atoms with Gasteiger partial charge in [0.25, 0.3) is 0 Å². The van der Waals surface area contributed by atoms with Crippen molar-refractivity contribution in [3.63, 3.8) is 0 Å². The van der Waals surface area contributed by atoms with Gasteiger partial charge in [-0.25, -0.2) is 20.4 Å². The maximum Gasteiger partial charge on any atom is 0.231 e. The molecule has 0 bridgehead atoms. The maximum absolute atomic E-state index is 8.35. The van der Waals surface area contributed by atoms with Crippen molar-refractivity contribution >= 4 is 35.1 Å². The van der Waals surface area contributed by atoms with Gasteiger partial charge in [0, 0.05) is 5.02 Å². The molecule has 2 N–H and O–H groups in total. The maximum atomic E-state index is 8.35. The molecular weight excluding hydrogens is 292 g/mol. The Labute approximate surface area is 126 Å². The second-order valence-corrected chi connectivity index (χ2v) is 3.66. The summed E-state index contributed by atoms with van der Waals surface area (Å²) in [5.41, 5.74) is 1.59. The second-order valence-electron chi connectivity index (χ2n) is 3.22. The first-order valence-electron chi connectivity index (χ1n) is 5.48. The van der Waals surface area contributed by atoms with E-state index in [-0.39, 0.29) is 0 Å². The largest absolute Gasteiger partial charge is 0.231 e. The van der Waals surface area contributed by atoms with Gasteiger partial charge in [0.1, 0.15) is 0 Å². The van der Waals surface area contributed by atoms with E-state index in [1.165, 1.54) is 0 Å². The molecule has 0 aliphatic heterocycles. The molecule has 2 aromatic carbocycles. The zero-order valence-corrected chi connectivity index (χ0v) is 11.5. The monoisotopic (exact) mass is 302 g/mol. The molecule has 0 saturated carbocycles. The van der Waals surface area contributed by atoms with E-state index in [9.17, 15) is 0 Å². The van der Waals surface area contributed by atoms with Gasteiger partial charge in [-0.15, -0.1) is 0 Å². The van der Waals surface area contributed by atoms with Crippen LogP contribution in [-0.2, 0) is 9.59 Å². The fraction of sp³-hybridized carbons (Fsp3) is 0. The third-order valence-electron chi connectivity index (χ3n) is 1.85. The summed E-state index contributed by atoms with van der Waals surface area (Å²) in [6.45, 7) is 0. The molecule has 0 atom stereocenters. The van der Waals surface area contributed by atoms with Crippen molar-refractivity contribution in [3.8, 4) is 0 Å². The Bertz CT molecular complexity index is 620. The summed E-state index contributed by atoms with van der Waals surface area (Å²) < 4.78 is 0. The van der Waals surface area contributed by atoms with Gasteiger partial charge >= 0.3 is 0 Å². The number of hydrogen-bond acceptors (Lipinski definition) is 6. The van der Waals surface area contributed by atoms with Gasteiger partial charge in [0.2, 0.25) is 12.2 Å². The summed E-state index contributed by atoms with van der Waals surface area (Å²) in [5.74, 6) is 0. The molecule has 106 valence electrons. The SMILES string of the molecule is Clc1cccc(N=Nc2ccccc2)c1.N=C=O.N=C=O.